The van der Waals surface area contributed by atoms with Gasteiger partial charge in [-0.05, 0) is 29.2 Å². The smallest absolute Gasteiger partial charge is 0.234 e. The zero-order valence-electron chi connectivity index (χ0n) is 19.9. The maximum absolute atomic E-state index is 12.7. The Morgan fingerprint density at radius 1 is 0.879 bits per heavy atom. The van der Waals surface area contributed by atoms with Gasteiger partial charge in [0.2, 0.25) is 11.8 Å². The number of carbonyl (C=O) groups is 2. The predicted octanol–water partition coefficient (Wildman–Crippen LogP) is 2.44. The van der Waals surface area contributed by atoms with Crippen molar-refractivity contribution in [2.45, 2.75) is 26.4 Å². The van der Waals surface area contributed by atoms with Crippen LogP contribution in [-0.4, -0.2) is 68.0 Å². The quantitative estimate of drug-likeness (QED) is 0.579. The van der Waals surface area contributed by atoms with Crippen molar-refractivity contribution in [2.24, 2.45) is 5.92 Å². The number of ether oxygens (including phenoxy) is 1. The number of rotatable bonds is 10. The normalized spacial score (nSPS) is 15.8. The summed E-state index contributed by atoms with van der Waals surface area (Å²) in [7, 11) is 1.65. The van der Waals surface area contributed by atoms with Gasteiger partial charge >= 0.3 is 0 Å². The minimum atomic E-state index is -0.0435. The first-order chi connectivity index (χ1) is 15.9. The minimum Gasteiger partial charge on any atom is -0.497 e. The van der Waals surface area contributed by atoms with Crippen LogP contribution < -0.4 is 15.4 Å². The van der Waals surface area contributed by atoms with Gasteiger partial charge in [0.05, 0.1) is 26.2 Å². The lowest BCUT2D eigenvalue weighted by Crippen LogP contribution is -2.51. The van der Waals surface area contributed by atoms with E-state index in [1.807, 2.05) is 54.6 Å². The molecule has 178 valence electrons. The maximum atomic E-state index is 12.7. The second kappa shape index (κ2) is 12.4. The van der Waals surface area contributed by atoms with E-state index in [4.69, 9.17) is 4.74 Å². The van der Waals surface area contributed by atoms with Crippen molar-refractivity contribution in [3.05, 3.63) is 65.7 Å². The minimum absolute atomic E-state index is 0.0265. The van der Waals surface area contributed by atoms with Crippen LogP contribution in [0.3, 0.4) is 0 Å². The second-order valence-corrected chi connectivity index (χ2v) is 8.88. The molecule has 1 atom stereocenters. The number of hydrogen-bond donors (Lipinski definition) is 2. The molecule has 2 N–H and O–H groups in total. The Balaban J connectivity index is 1.40. The van der Waals surface area contributed by atoms with Gasteiger partial charge < -0.3 is 15.4 Å². The molecule has 0 saturated carbocycles. The van der Waals surface area contributed by atoms with Crippen LogP contribution in [0.15, 0.2) is 54.6 Å². The molecule has 3 rings (SSSR count). The van der Waals surface area contributed by atoms with Gasteiger partial charge in [0.25, 0.3) is 0 Å². The number of amides is 2. The zero-order valence-corrected chi connectivity index (χ0v) is 19.9. The summed E-state index contributed by atoms with van der Waals surface area (Å²) < 4.78 is 5.23. The summed E-state index contributed by atoms with van der Waals surface area (Å²) in [6.07, 6.45) is 0. The summed E-state index contributed by atoms with van der Waals surface area (Å²) >= 11 is 0. The Hall–Kier alpha value is -2.90. The molecule has 2 aromatic rings. The van der Waals surface area contributed by atoms with Gasteiger partial charge in [0, 0.05) is 32.7 Å². The van der Waals surface area contributed by atoms with Crippen LogP contribution >= 0.6 is 0 Å². The van der Waals surface area contributed by atoms with Crippen molar-refractivity contribution in [1.29, 1.82) is 0 Å². The van der Waals surface area contributed by atoms with E-state index in [9.17, 15) is 9.59 Å². The molecule has 7 heteroatoms. The maximum Gasteiger partial charge on any atom is 0.234 e. The monoisotopic (exact) mass is 452 g/mol. The Bertz CT molecular complexity index is 878. The third-order valence-corrected chi connectivity index (χ3v) is 5.99. The average Bonchev–Trinajstić information content (AvgIpc) is 2.83. The van der Waals surface area contributed by atoms with E-state index in [0.717, 1.165) is 43.1 Å². The zero-order chi connectivity index (χ0) is 23.6. The fourth-order valence-corrected chi connectivity index (χ4v) is 4.03. The molecule has 1 aliphatic heterocycles. The lowest BCUT2D eigenvalue weighted by Gasteiger charge is -2.34. The standard InChI is InChI=1S/C26H36N4O3/c1-20(2)26(22-9-11-23(33-3)12-10-22)28-25(32)19-30-15-13-29(14-16-30)18-24(31)27-17-21-7-5-4-6-8-21/h4-12,20,26H,13-19H2,1-3H3,(H,27,31)(H,28,32). The van der Waals surface area contributed by atoms with Gasteiger partial charge in [0.1, 0.15) is 5.75 Å². The van der Waals surface area contributed by atoms with Crippen LogP contribution in [0.2, 0.25) is 0 Å². The summed E-state index contributed by atoms with van der Waals surface area (Å²) in [5.41, 5.74) is 2.17. The molecule has 33 heavy (non-hydrogen) atoms. The number of benzene rings is 2. The fraction of sp³-hybridized carbons (Fsp3) is 0.462. The molecule has 0 bridgehead atoms. The molecular formula is C26H36N4O3. The number of nitrogens with zero attached hydrogens (tertiary/aromatic N) is 2. The Morgan fingerprint density at radius 3 is 2.00 bits per heavy atom. The van der Waals surface area contributed by atoms with Crippen LogP contribution in [0.4, 0.5) is 0 Å². The van der Waals surface area contributed by atoms with Crippen LogP contribution in [0, 0.1) is 5.92 Å². The van der Waals surface area contributed by atoms with Gasteiger partial charge in [-0.1, -0.05) is 56.3 Å². The van der Waals surface area contributed by atoms with Crippen molar-refractivity contribution in [1.82, 2.24) is 20.4 Å². The molecule has 7 nitrogen and oxygen atoms in total. The third-order valence-electron chi connectivity index (χ3n) is 5.99. The van der Waals surface area contributed by atoms with Gasteiger partial charge in [-0.25, -0.2) is 0 Å². The third kappa shape index (κ3) is 7.87. The summed E-state index contributed by atoms with van der Waals surface area (Å²) in [6, 6.07) is 17.7. The molecule has 2 amide bonds. The van der Waals surface area contributed by atoms with Gasteiger partial charge in [-0.3, -0.25) is 19.4 Å². The van der Waals surface area contributed by atoms with Crippen molar-refractivity contribution in [3.63, 3.8) is 0 Å². The van der Waals surface area contributed by atoms with Gasteiger partial charge in [0.15, 0.2) is 0 Å². The van der Waals surface area contributed by atoms with E-state index in [0.29, 0.717) is 19.6 Å². The summed E-state index contributed by atoms with van der Waals surface area (Å²) in [5.74, 6) is 1.13. The van der Waals surface area contributed by atoms with E-state index in [1.165, 1.54) is 0 Å². The lowest BCUT2D eigenvalue weighted by molar-refractivity contribution is -0.125. The largest absolute Gasteiger partial charge is 0.497 e. The highest BCUT2D eigenvalue weighted by Crippen LogP contribution is 2.24. The highest BCUT2D eigenvalue weighted by molar-refractivity contribution is 5.79. The van der Waals surface area contributed by atoms with Crippen molar-refractivity contribution in [2.75, 3.05) is 46.4 Å². The van der Waals surface area contributed by atoms with Crippen molar-refractivity contribution in [3.8, 4) is 5.75 Å². The molecule has 1 fully saturated rings. The SMILES string of the molecule is COc1ccc(C(NC(=O)CN2CCN(CC(=O)NCc3ccccc3)CC2)C(C)C)cc1. The van der Waals surface area contributed by atoms with Gasteiger partial charge in [-0.2, -0.15) is 0 Å². The van der Waals surface area contributed by atoms with Crippen LogP contribution in [-0.2, 0) is 16.1 Å². The Morgan fingerprint density at radius 2 is 1.45 bits per heavy atom. The summed E-state index contributed by atoms with van der Waals surface area (Å²) in [6.45, 7) is 8.62. The second-order valence-electron chi connectivity index (χ2n) is 8.88. The van der Waals surface area contributed by atoms with E-state index >= 15 is 0 Å². The predicted molar refractivity (Wildman–Crippen MR) is 130 cm³/mol. The molecule has 1 aliphatic rings. The topological polar surface area (TPSA) is 73.9 Å². The average molecular weight is 453 g/mol. The fourth-order valence-electron chi connectivity index (χ4n) is 4.03. The number of piperazine rings is 1. The highest BCUT2D eigenvalue weighted by atomic mass is 16.5. The molecule has 1 saturated heterocycles. The van der Waals surface area contributed by atoms with E-state index in [-0.39, 0.29) is 23.8 Å². The van der Waals surface area contributed by atoms with Crippen LogP contribution in [0.5, 0.6) is 5.75 Å². The van der Waals surface area contributed by atoms with E-state index < -0.39 is 0 Å². The van der Waals surface area contributed by atoms with Crippen molar-refractivity contribution < 1.29 is 14.3 Å². The van der Waals surface area contributed by atoms with Crippen molar-refractivity contribution >= 4 is 11.8 Å². The van der Waals surface area contributed by atoms with Gasteiger partial charge in [-0.15, -0.1) is 0 Å². The van der Waals surface area contributed by atoms with Crippen LogP contribution in [0.25, 0.3) is 0 Å². The number of carbonyl (C=O) groups excluding carboxylic acids is 2. The van der Waals surface area contributed by atoms with E-state index in [2.05, 4.69) is 34.3 Å². The summed E-state index contributed by atoms with van der Waals surface area (Å²) in [4.78, 5) is 29.3. The van der Waals surface area contributed by atoms with E-state index in [1.54, 1.807) is 7.11 Å². The number of hydrogen-bond acceptors (Lipinski definition) is 5. The summed E-state index contributed by atoms with van der Waals surface area (Å²) in [5, 5.41) is 6.17. The first-order valence-electron chi connectivity index (χ1n) is 11.6. The molecule has 1 unspecified atom stereocenters. The first-order valence-corrected chi connectivity index (χ1v) is 11.6. The number of methoxy groups -OCH3 is 1. The Labute approximate surface area is 197 Å². The molecule has 0 spiro atoms. The molecular weight excluding hydrogens is 416 g/mol. The lowest BCUT2D eigenvalue weighted by atomic mass is 9.96. The molecule has 0 aromatic heterocycles. The van der Waals surface area contributed by atoms with Crippen LogP contribution in [0.1, 0.15) is 31.0 Å². The molecule has 0 radical (unpaired) electrons. The first kappa shape index (κ1) is 24.7. The molecule has 0 aliphatic carbocycles. The number of nitrogens with one attached hydrogen (secondary N) is 2. The highest BCUT2D eigenvalue weighted by Gasteiger charge is 2.23. The Kier molecular flexibility index (Phi) is 9.27. The molecule has 1 heterocycles. The molecule has 2 aromatic carbocycles.